The molecule has 0 aliphatic carbocycles. The number of nitrogens with one attached hydrogen (secondary N) is 1. The molecular formula is C22H35Cl2NO. The van der Waals surface area contributed by atoms with Crippen molar-refractivity contribution >= 4 is 34.9 Å². The van der Waals surface area contributed by atoms with E-state index in [9.17, 15) is 4.79 Å². The zero-order chi connectivity index (χ0) is 18.2. The topological polar surface area (TPSA) is 29.1 Å². The van der Waals surface area contributed by atoms with Gasteiger partial charge < -0.3 is 5.32 Å². The van der Waals surface area contributed by atoms with E-state index in [0.717, 1.165) is 25.1 Å². The van der Waals surface area contributed by atoms with E-state index in [0.29, 0.717) is 5.56 Å². The number of hydrogen-bond acceptors (Lipinski definition) is 2. The summed E-state index contributed by atoms with van der Waals surface area (Å²) in [5, 5.41) is 2.95. The van der Waals surface area contributed by atoms with Gasteiger partial charge in [-0.1, -0.05) is 64.0 Å². The van der Waals surface area contributed by atoms with Crippen LogP contribution < -0.4 is 5.32 Å². The molecule has 0 saturated carbocycles. The molecule has 0 heterocycles. The Labute approximate surface area is 171 Å². The number of anilines is 1. The van der Waals surface area contributed by atoms with E-state index in [4.69, 9.17) is 11.6 Å². The van der Waals surface area contributed by atoms with E-state index in [1.807, 2.05) is 12.1 Å². The second kappa shape index (κ2) is 17.4. The van der Waals surface area contributed by atoms with E-state index in [2.05, 4.69) is 24.4 Å². The van der Waals surface area contributed by atoms with E-state index >= 15 is 0 Å². The van der Waals surface area contributed by atoms with Crippen molar-refractivity contribution in [1.29, 1.82) is 0 Å². The lowest BCUT2D eigenvalue weighted by atomic mass is 10.1. The molecule has 0 saturated heterocycles. The molecular weight excluding hydrogens is 365 g/mol. The highest BCUT2D eigenvalue weighted by Crippen LogP contribution is 2.12. The van der Waals surface area contributed by atoms with Crippen LogP contribution in [0, 0.1) is 0 Å². The average molecular weight is 400 g/mol. The molecule has 2 nitrogen and oxygen atoms in total. The summed E-state index contributed by atoms with van der Waals surface area (Å²) in [6.07, 6.45) is 19.2. The number of unbranched alkanes of at least 4 members (excludes halogenated alkanes) is 9. The number of carbonyl (C=O) groups is 1. The molecule has 4 heteroatoms. The number of halogens is 2. The van der Waals surface area contributed by atoms with E-state index in [1.165, 1.54) is 57.8 Å². The lowest BCUT2D eigenvalue weighted by Gasteiger charge is -2.05. The van der Waals surface area contributed by atoms with Gasteiger partial charge in [-0.3, -0.25) is 4.79 Å². The molecule has 1 rings (SSSR count). The minimum absolute atomic E-state index is 0. The largest absolute Gasteiger partial charge is 0.385 e. The summed E-state index contributed by atoms with van der Waals surface area (Å²) < 4.78 is 0. The van der Waals surface area contributed by atoms with Gasteiger partial charge in [0.05, 0.1) is 0 Å². The fourth-order valence-electron chi connectivity index (χ4n) is 2.80. The van der Waals surface area contributed by atoms with Crippen LogP contribution >= 0.6 is 24.0 Å². The highest BCUT2D eigenvalue weighted by molar-refractivity contribution is 6.67. The first-order chi connectivity index (χ1) is 12.2. The third-order valence-corrected chi connectivity index (χ3v) is 4.60. The first kappa shape index (κ1) is 25.0. The average Bonchev–Trinajstić information content (AvgIpc) is 2.62. The van der Waals surface area contributed by atoms with Gasteiger partial charge in [-0.2, -0.15) is 0 Å². The second-order valence-electron chi connectivity index (χ2n) is 6.66. The molecule has 148 valence electrons. The number of hydrogen-bond donors (Lipinski definition) is 1. The van der Waals surface area contributed by atoms with Crippen molar-refractivity contribution in [2.24, 2.45) is 0 Å². The summed E-state index contributed by atoms with van der Waals surface area (Å²) in [4.78, 5) is 11.0. The molecule has 1 N–H and O–H groups in total. The summed E-state index contributed by atoms with van der Waals surface area (Å²) in [7, 11) is 0. The van der Waals surface area contributed by atoms with E-state index in [-0.39, 0.29) is 12.4 Å². The minimum atomic E-state index is -0.409. The van der Waals surface area contributed by atoms with Gasteiger partial charge in [-0.05, 0) is 61.5 Å². The Morgan fingerprint density at radius 2 is 1.42 bits per heavy atom. The fourth-order valence-corrected chi connectivity index (χ4v) is 2.93. The van der Waals surface area contributed by atoms with Gasteiger partial charge in [0.15, 0.2) is 0 Å². The van der Waals surface area contributed by atoms with Crippen molar-refractivity contribution in [3.63, 3.8) is 0 Å². The maximum Gasteiger partial charge on any atom is 0.252 e. The normalized spacial score (nSPS) is 10.7. The predicted molar refractivity (Wildman–Crippen MR) is 118 cm³/mol. The van der Waals surface area contributed by atoms with Crippen molar-refractivity contribution in [3.8, 4) is 0 Å². The molecule has 0 aliphatic rings. The van der Waals surface area contributed by atoms with Crippen LogP contribution in [0.25, 0.3) is 0 Å². The molecule has 0 radical (unpaired) electrons. The summed E-state index contributed by atoms with van der Waals surface area (Å²) in [5.41, 5.74) is 1.57. The van der Waals surface area contributed by atoms with Gasteiger partial charge >= 0.3 is 0 Å². The fraction of sp³-hybridized carbons (Fsp3) is 0.591. The summed E-state index contributed by atoms with van der Waals surface area (Å²) in [6.45, 7) is 3.21. The first-order valence-corrected chi connectivity index (χ1v) is 10.3. The van der Waals surface area contributed by atoms with Gasteiger partial charge in [0, 0.05) is 17.8 Å². The summed E-state index contributed by atoms with van der Waals surface area (Å²) in [5.74, 6) is 0. The van der Waals surface area contributed by atoms with E-state index < -0.39 is 5.24 Å². The Kier molecular flexibility index (Phi) is 16.8. The van der Waals surface area contributed by atoms with Gasteiger partial charge in [0.2, 0.25) is 0 Å². The molecule has 0 bridgehead atoms. The Balaban J connectivity index is 0.00000625. The number of benzene rings is 1. The van der Waals surface area contributed by atoms with Crippen LogP contribution in [0.2, 0.25) is 0 Å². The van der Waals surface area contributed by atoms with Gasteiger partial charge in [0.1, 0.15) is 0 Å². The van der Waals surface area contributed by atoms with Crippen LogP contribution in [0.5, 0.6) is 0 Å². The van der Waals surface area contributed by atoms with Crippen LogP contribution in [0.3, 0.4) is 0 Å². The minimum Gasteiger partial charge on any atom is -0.385 e. The lowest BCUT2D eigenvalue weighted by molar-refractivity contribution is 0.108. The SMILES string of the molecule is CCCCCCCCCCC=CCCCNc1ccc(C(=O)Cl)cc1.Cl. The summed E-state index contributed by atoms with van der Waals surface area (Å²) in [6, 6.07) is 7.30. The third kappa shape index (κ3) is 13.2. The number of carbonyl (C=O) groups excluding carboxylic acids is 1. The van der Waals surface area contributed by atoms with Gasteiger partial charge in [-0.25, -0.2) is 0 Å². The smallest absolute Gasteiger partial charge is 0.252 e. The predicted octanol–water partition coefficient (Wildman–Crippen LogP) is 7.77. The molecule has 0 atom stereocenters. The van der Waals surface area contributed by atoms with Crippen molar-refractivity contribution in [3.05, 3.63) is 42.0 Å². The van der Waals surface area contributed by atoms with Gasteiger partial charge in [0.25, 0.3) is 5.24 Å². The van der Waals surface area contributed by atoms with Crippen LogP contribution in [-0.2, 0) is 0 Å². The highest BCUT2D eigenvalue weighted by atomic mass is 35.5. The molecule has 0 unspecified atom stereocenters. The van der Waals surface area contributed by atoms with Crippen LogP contribution in [0.1, 0.15) is 87.9 Å². The Bertz CT molecular complexity index is 485. The molecule has 1 aromatic rings. The quantitative estimate of drug-likeness (QED) is 0.185. The summed E-state index contributed by atoms with van der Waals surface area (Å²) >= 11 is 5.43. The van der Waals surface area contributed by atoms with Crippen LogP contribution in [0.15, 0.2) is 36.4 Å². The van der Waals surface area contributed by atoms with Crippen molar-refractivity contribution in [2.75, 3.05) is 11.9 Å². The second-order valence-corrected chi connectivity index (χ2v) is 7.00. The molecule has 0 amide bonds. The van der Waals surface area contributed by atoms with Crippen molar-refractivity contribution in [1.82, 2.24) is 0 Å². The Morgan fingerprint density at radius 1 is 0.885 bits per heavy atom. The van der Waals surface area contributed by atoms with E-state index in [1.54, 1.807) is 12.1 Å². The molecule has 0 aliphatic heterocycles. The Morgan fingerprint density at radius 3 is 2.00 bits per heavy atom. The lowest BCUT2D eigenvalue weighted by Crippen LogP contribution is -2.01. The molecule has 0 fully saturated rings. The van der Waals surface area contributed by atoms with Crippen molar-refractivity contribution < 1.29 is 4.79 Å². The maximum absolute atomic E-state index is 11.0. The third-order valence-electron chi connectivity index (χ3n) is 4.38. The monoisotopic (exact) mass is 399 g/mol. The number of allylic oxidation sites excluding steroid dienone is 2. The van der Waals surface area contributed by atoms with Crippen LogP contribution in [0.4, 0.5) is 5.69 Å². The molecule has 1 aromatic carbocycles. The molecule has 0 spiro atoms. The van der Waals surface area contributed by atoms with Crippen molar-refractivity contribution in [2.45, 2.75) is 77.6 Å². The first-order valence-electron chi connectivity index (χ1n) is 9.92. The molecule has 26 heavy (non-hydrogen) atoms. The zero-order valence-electron chi connectivity index (χ0n) is 16.1. The van der Waals surface area contributed by atoms with Crippen LogP contribution in [-0.4, -0.2) is 11.8 Å². The van der Waals surface area contributed by atoms with Gasteiger partial charge in [-0.15, -0.1) is 12.4 Å². The molecule has 0 aromatic heterocycles. The highest BCUT2D eigenvalue weighted by Gasteiger charge is 2.00. The standard InChI is InChI=1S/C22H34ClNO.ClH/c1-2-3-4-5-6-7-8-9-10-11-12-13-14-19-24-21-17-15-20(16-18-21)22(23)25;/h11-12,15-18,24H,2-10,13-14,19H2,1H3;1H. The number of rotatable bonds is 15. The maximum atomic E-state index is 11.0. The zero-order valence-corrected chi connectivity index (χ0v) is 17.7. The Hall–Kier alpha value is -0.990.